The lowest BCUT2D eigenvalue weighted by molar-refractivity contribution is -0.115. The van der Waals surface area contributed by atoms with Crippen molar-refractivity contribution in [3.8, 4) is 11.1 Å². The minimum absolute atomic E-state index is 0.707. The summed E-state index contributed by atoms with van der Waals surface area (Å²) >= 11 is 7.34. The van der Waals surface area contributed by atoms with E-state index in [1.165, 1.54) is 0 Å². The van der Waals surface area contributed by atoms with E-state index < -0.39 is 11.2 Å². The summed E-state index contributed by atoms with van der Waals surface area (Å²) in [7, 11) is 0. The third-order valence-electron chi connectivity index (χ3n) is 7.97. The van der Waals surface area contributed by atoms with Gasteiger partial charge in [-0.05, 0) is 83.3 Å². The molecule has 0 aliphatic heterocycles. The zero-order valence-corrected chi connectivity index (χ0v) is 25.1. The molecule has 0 aromatic heterocycles. The van der Waals surface area contributed by atoms with Gasteiger partial charge in [-0.15, -0.1) is 0 Å². The van der Waals surface area contributed by atoms with E-state index in [0.717, 1.165) is 80.9 Å². The van der Waals surface area contributed by atoms with Gasteiger partial charge in [-0.3, -0.25) is 0 Å². The molecular weight excluding hydrogens is 600 g/mol. The van der Waals surface area contributed by atoms with Crippen LogP contribution in [0.3, 0.4) is 0 Å². The number of aryl methyl sites for hydroxylation is 2. The SMILES string of the molecule is CCCCc1ccccc1C1(O)c2cc(Br)ccc2-c2ccc(Br)cc2C1(O)c1ccccc1CCCC. The second-order valence-electron chi connectivity index (χ2n) is 10.3. The molecule has 0 radical (unpaired) electrons. The minimum Gasteiger partial charge on any atom is -0.377 e. The monoisotopic (exact) mass is 632 g/mol. The first-order chi connectivity index (χ1) is 18.4. The molecule has 196 valence electrons. The molecule has 0 fully saturated rings. The van der Waals surface area contributed by atoms with Crippen LogP contribution in [0.4, 0.5) is 0 Å². The largest absolute Gasteiger partial charge is 0.377 e. The van der Waals surface area contributed by atoms with Crippen molar-refractivity contribution in [2.75, 3.05) is 0 Å². The number of fused-ring (bicyclic) bond motifs is 3. The molecule has 2 unspecified atom stereocenters. The van der Waals surface area contributed by atoms with E-state index in [9.17, 15) is 10.2 Å². The number of unbranched alkanes of at least 4 members (excludes halogenated alkanes) is 2. The molecule has 2 nitrogen and oxygen atoms in total. The predicted molar refractivity (Wildman–Crippen MR) is 163 cm³/mol. The summed E-state index contributed by atoms with van der Waals surface area (Å²) in [5, 5.41) is 26.7. The molecule has 4 aromatic rings. The number of aliphatic hydroxyl groups is 2. The van der Waals surface area contributed by atoms with Crippen molar-refractivity contribution in [1.82, 2.24) is 0 Å². The van der Waals surface area contributed by atoms with Crippen LogP contribution in [-0.4, -0.2) is 10.2 Å². The lowest BCUT2D eigenvalue weighted by atomic mass is 9.59. The fraction of sp³-hybridized carbons (Fsp3) is 0.294. The second kappa shape index (κ2) is 11.1. The summed E-state index contributed by atoms with van der Waals surface area (Å²) in [5.41, 5.74) is 3.45. The highest BCUT2D eigenvalue weighted by atomic mass is 79.9. The van der Waals surface area contributed by atoms with Crippen LogP contribution in [0.15, 0.2) is 93.9 Å². The van der Waals surface area contributed by atoms with Crippen molar-refractivity contribution in [3.63, 3.8) is 0 Å². The van der Waals surface area contributed by atoms with E-state index in [1.807, 2.05) is 72.8 Å². The van der Waals surface area contributed by atoms with Crippen molar-refractivity contribution in [2.24, 2.45) is 0 Å². The third-order valence-corrected chi connectivity index (χ3v) is 8.96. The summed E-state index contributed by atoms with van der Waals surface area (Å²) in [6.07, 6.45) is 5.77. The Hall–Kier alpha value is -2.24. The van der Waals surface area contributed by atoms with Crippen LogP contribution in [0.2, 0.25) is 0 Å². The Balaban J connectivity index is 1.93. The molecule has 1 aliphatic carbocycles. The summed E-state index contributed by atoms with van der Waals surface area (Å²) in [4.78, 5) is 0. The standard InChI is InChI=1S/C34H34Br2O2/c1-3-5-11-23-13-7-9-15-29(23)33(37)31-21-25(35)17-19-27(31)28-20-18-26(36)22-32(28)34(33,38)30-16-10-8-14-24(30)12-6-4-2/h7-10,13-22,37-38H,3-6,11-12H2,1-2H3. The Morgan fingerprint density at radius 3 is 1.34 bits per heavy atom. The number of benzene rings is 4. The smallest absolute Gasteiger partial charge is 0.153 e. The summed E-state index contributed by atoms with van der Waals surface area (Å²) in [6, 6.07) is 28.3. The topological polar surface area (TPSA) is 40.5 Å². The van der Waals surface area contributed by atoms with E-state index in [4.69, 9.17) is 0 Å². The molecule has 0 saturated carbocycles. The fourth-order valence-electron chi connectivity index (χ4n) is 6.09. The normalized spacial score (nSPS) is 20.2. The molecule has 4 heteroatoms. The number of hydrogen-bond donors (Lipinski definition) is 2. The van der Waals surface area contributed by atoms with Gasteiger partial charge in [0, 0.05) is 20.1 Å². The molecule has 0 heterocycles. The van der Waals surface area contributed by atoms with Gasteiger partial charge in [0.25, 0.3) is 0 Å². The van der Waals surface area contributed by atoms with Crippen molar-refractivity contribution in [3.05, 3.63) is 127 Å². The van der Waals surface area contributed by atoms with Crippen molar-refractivity contribution in [2.45, 2.75) is 63.6 Å². The average Bonchev–Trinajstić information content (AvgIpc) is 2.94. The molecule has 0 spiro atoms. The van der Waals surface area contributed by atoms with E-state index in [2.05, 4.69) is 57.8 Å². The summed E-state index contributed by atoms with van der Waals surface area (Å²) < 4.78 is 1.73. The lowest BCUT2D eigenvalue weighted by Crippen LogP contribution is -2.54. The van der Waals surface area contributed by atoms with Crippen molar-refractivity contribution < 1.29 is 10.2 Å². The number of rotatable bonds is 8. The Morgan fingerprint density at radius 2 is 0.947 bits per heavy atom. The van der Waals surface area contributed by atoms with Gasteiger partial charge >= 0.3 is 0 Å². The highest BCUT2D eigenvalue weighted by molar-refractivity contribution is 9.10. The third kappa shape index (κ3) is 4.40. The van der Waals surface area contributed by atoms with Gasteiger partial charge < -0.3 is 10.2 Å². The van der Waals surface area contributed by atoms with Gasteiger partial charge in [-0.2, -0.15) is 0 Å². The molecule has 1 aliphatic rings. The van der Waals surface area contributed by atoms with Crippen LogP contribution in [0.1, 0.15) is 72.9 Å². The quantitative estimate of drug-likeness (QED) is 0.203. The zero-order valence-electron chi connectivity index (χ0n) is 22.0. The Labute approximate surface area is 243 Å². The Bertz CT molecular complexity index is 1350. The lowest BCUT2D eigenvalue weighted by Gasteiger charge is -2.50. The zero-order chi connectivity index (χ0) is 26.9. The van der Waals surface area contributed by atoms with Crippen LogP contribution < -0.4 is 0 Å². The van der Waals surface area contributed by atoms with Crippen LogP contribution in [0.25, 0.3) is 11.1 Å². The van der Waals surface area contributed by atoms with E-state index in [1.54, 1.807) is 0 Å². The van der Waals surface area contributed by atoms with Gasteiger partial charge in [0.1, 0.15) is 0 Å². The van der Waals surface area contributed by atoms with Gasteiger partial charge in [-0.1, -0.05) is 119 Å². The number of hydrogen-bond acceptors (Lipinski definition) is 2. The average molecular weight is 634 g/mol. The molecule has 2 atom stereocenters. The Kier molecular flexibility index (Phi) is 7.98. The first-order valence-electron chi connectivity index (χ1n) is 13.6. The Morgan fingerprint density at radius 1 is 0.553 bits per heavy atom. The molecular formula is C34H34Br2O2. The fourth-order valence-corrected chi connectivity index (χ4v) is 6.81. The van der Waals surface area contributed by atoms with E-state index in [-0.39, 0.29) is 0 Å². The highest BCUT2D eigenvalue weighted by Crippen LogP contribution is 2.59. The first kappa shape index (κ1) is 27.3. The van der Waals surface area contributed by atoms with Gasteiger partial charge in [-0.25, -0.2) is 0 Å². The van der Waals surface area contributed by atoms with Crippen LogP contribution >= 0.6 is 31.9 Å². The molecule has 38 heavy (non-hydrogen) atoms. The maximum absolute atomic E-state index is 13.4. The molecule has 0 saturated heterocycles. The highest BCUT2D eigenvalue weighted by Gasteiger charge is 2.59. The van der Waals surface area contributed by atoms with E-state index >= 15 is 0 Å². The van der Waals surface area contributed by atoms with Crippen LogP contribution in [0.5, 0.6) is 0 Å². The van der Waals surface area contributed by atoms with Gasteiger partial charge in [0.15, 0.2) is 11.2 Å². The molecule has 0 bridgehead atoms. The maximum atomic E-state index is 13.4. The summed E-state index contributed by atoms with van der Waals surface area (Å²) in [6.45, 7) is 4.36. The first-order valence-corrected chi connectivity index (χ1v) is 15.2. The van der Waals surface area contributed by atoms with Crippen molar-refractivity contribution >= 4 is 31.9 Å². The minimum atomic E-state index is -1.73. The summed E-state index contributed by atoms with van der Waals surface area (Å²) in [5.74, 6) is 0. The van der Waals surface area contributed by atoms with Crippen LogP contribution in [-0.2, 0) is 24.0 Å². The van der Waals surface area contributed by atoms with Crippen LogP contribution in [0, 0.1) is 0 Å². The predicted octanol–water partition coefficient (Wildman–Crippen LogP) is 9.05. The second-order valence-corrected chi connectivity index (χ2v) is 12.2. The molecule has 4 aromatic carbocycles. The molecule has 5 rings (SSSR count). The molecule has 2 N–H and O–H groups in total. The van der Waals surface area contributed by atoms with Crippen molar-refractivity contribution in [1.29, 1.82) is 0 Å². The van der Waals surface area contributed by atoms with E-state index in [0.29, 0.717) is 11.1 Å². The molecule has 0 amide bonds. The maximum Gasteiger partial charge on any atom is 0.153 e. The van der Waals surface area contributed by atoms with Gasteiger partial charge in [0.2, 0.25) is 0 Å². The number of halogens is 2. The van der Waals surface area contributed by atoms with Gasteiger partial charge in [0.05, 0.1) is 0 Å².